The highest BCUT2D eigenvalue weighted by Crippen LogP contribution is 2.40. The zero-order valence-electron chi connectivity index (χ0n) is 17.9. The average molecular weight is 401 g/mol. The van der Waals surface area contributed by atoms with E-state index in [0.29, 0.717) is 25.1 Å². The van der Waals surface area contributed by atoms with Crippen molar-refractivity contribution >= 4 is 23.7 Å². The molecule has 1 amide bonds. The normalized spacial score (nSPS) is 17.1. The molecule has 1 N–H and O–H groups in total. The fourth-order valence-electron chi connectivity index (χ4n) is 3.29. The fourth-order valence-corrected chi connectivity index (χ4v) is 4.29. The lowest BCUT2D eigenvalue weighted by molar-refractivity contribution is -0.126. The smallest absolute Gasteiger partial charge is 0.260 e. The highest BCUT2D eigenvalue weighted by molar-refractivity contribution is 8.04. The van der Waals surface area contributed by atoms with Crippen LogP contribution in [0.3, 0.4) is 0 Å². The Balaban J connectivity index is 2.44. The Kier molecular flexibility index (Phi) is 6.88. The van der Waals surface area contributed by atoms with Crippen molar-refractivity contribution in [1.82, 2.24) is 4.90 Å². The Morgan fingerprint density at radius 3 is 2.25 bits per heavy atom. The quantitative estimate of drug-likeness (QED) is 0.557. The van der Waals surface area contributed by atoms with Crippen molar-refractivity contribution in [3.05, 3.63) is 33.7 Å². The number of rotatable bonds is 4. The van der Waals surface area contributed by atoms with E-state index in [1.807, 2.05) is 23.1 Å². The zero-order chi connectivity index (χ0) is 21.1. The Bertz CT molecular complexity index is 772. The first-order valence-corrected chi connectivity index (χ1v) is 10.8. The number of hydrogen-bond acceptors (Lipinski definition) is 4. The predicted octanol–water partition coefficient (Wildman–Crippen LogP) is 5.21. The molecule has 152 valence electrons. The van der Waals surface area contributed by atoms with Gasteiger partial charge in [-0.3, -0.25) is 4.79 Å². The molecule has 0 saturated carbocycles. The molecular formula is C23H32N2O2S. The van der Waals surface area contributed by atoms with Crippen LogP contribution in [0.4, 0.5) is 0 Å². The Hall–Kier alpha value is -1.93. The van der Waals surface area contributed by atoms with Crippen molar-refractivity contribution in [2.45, 2.75) is 65.2 Å². The van der Waals surface area contributed by atoms with Crippen LogP contribution in [0.15, 0.2) is 17.0 Å². The molecule has 1 aromatic carbocycles. The van der Waals surface area contributed by atoms with E-state index in [1.54, 1.807) is 11.8 Å². The van der Waals surface area contributed by atoms with E-state index in [4.69, 9.17) is 5.26 Å². The summed E-state index contributed by atoms with van der Waals surface area (Å²) in [6.45, 7) is 13.9. The molecule has 0 bridgehead atoms. The standard InChI is InChI=1S/C23H32N2O2S/c1-22(2,3)17-13-16(14-18(20(17)26)23(4,5)6)15-19-21(27)25(11-12-28-19)10-8-7-9-24/h13-15,26H,7-8,10-12H2,1-6H3. The van der Waals surface area contributed by atoms with Crippen molar-refractivity contribution in [3.8, 4) is 11.8 Å². The van der Waals surface area contributed by atoms with Gasteiger partial charge in [0.2, 0.25) is 0 Å². The van der Waals surface area contributed by atoms with Crippen molar-refractivity contribution in [2.24, 2.45) is 0 Å². The minimum atomic E-state index is -0.203. The molecule has 1 aliphatic heterocycles. The number of nitriles is 1. The molecular weight excluding hydrogens is 368 g/mol. The number of carbonyl (C=O) groups is 1. The summed E-state index contributed by atoms with van der Waals surface area (Å²) in [7, 11) is 0. The van der Waals surface area contributed by atoms with Crippen LogP contribution in [0.1, 0.15) is 71.1 Å². The highest BCUT2D eigenvalue weighted by Gasteiger charge is 2.27. The van der Waals surface area contributed by atoms with Gasteiger partial charge < -0.3 is 10.0 Å². The number of benzene rings is 1. The molecule has 1 aromatic rings. The lowest BCUT2D eigenvalue weighted by Gasteiger charge is -2.29. The number of unbranched alkanes of at least 4 members (excludes halogenated alkanes) is 1. The molecule has 1 saturated heterocycles. The molecule has 0 aromatic heterocycles. The third-order valence-electron chi connectivity index (χ3n) is 4.88. The summed E-state index contributed by atoms with van der Waals surface area (Å²) in [5.41, 5.74) is 2.33. The monoisotopic (exact) mass is 400 g/mol. The van der Waals surface area contributed by atoms with E-state index < -0.39 is 0 Å². The lowest BCUT2D eigenvalue weighted by Crippen LogP contribution is -2.37. The van der Waals surface area contributed by atoms with Gasteiger partial charge >= 0.3 is 0 Å². The minimum Gasteiger partial charge on any atom is -0.507 e. The molecule has 0 unspecified atom stereocenters. The second kappa shape index (κ2) is 8.61. The van der Waals surface area contributed by atoms with Crippen molar-refractivity contribution < 1.29 is 9.90 Å². The number of carbonyl (C=O) groups excluding carboxylic acids is 1. The Morgan fingerprint density at radius 2 is 1.75 bits per heavy atom. The summed E-state index contributed by atoms with van der Waals surface area (Å²) >= 11 is 1.58. The van der Waals surface area contributed by atoms with Gasteiger partial charge in [-0.1, -0.05) is 41.5 Å². The fraction of sp³-hybridized carbons (Fsp3) is 0.565. The number of nitrogens with zero attached hydrogens (tertiary/aromatic N) is 2. The van der Waals surface area contributed by atoms with Gasteiger partial charge in [0.05, 0.1) is 11.0 Å². The largest absolute Gasteiger partial charge is 0.507 e. The maximum absolute atomic E-state index is 12.9. The van der Waals surface area contributed by atoms with E-state index in [1.165, 1.54) is 0 Å². The molecule has 0 radical (unpaired) electrons. The van der Waals surface area contributed by atoms with Gasteiger partial charge in [0.25, 0.3) is 5.91 Å². The number of phenolic OH excluding ortho intramolecular Hbond substituents is 1. The van der Waals surface area contributed by atoms with Crippen LogP contribution in [-0.2, 0) is 15.6 Å². The van der Waals surface area contributed by atoms with Gasteiger partial charge in [0.15, 0.2) is 0 Å². The third kappa shape index (κ3) is 5.32. The van der Waals surface area contributed by atoms with Crippen LogP contribution in [0.5, 0.6) is 5.75 Å². The maximum Gasteiger partial charge on any atom is 0.260 e. The Labute approximate surface area is 173 Å². The van der Waals surface area contributed by atoms with Crippen LogP contribution >= 0.6 is 11.8 Å². The van der Waals surface area contributed by atoms with E-state index >= 15 is 0 Å². The van der Waals surface area contributed by atoms with Gasteiger partial charge in [0.1, 0.15) is 5.75 Å². The summed E-state index contributed by atoms with van der Waals surface area (Å²) in [5.74, 6) is 1.25. The molecule has 1 fully saturated rings. The van der Waals surface area contributed by atoms with Crippen LogP contribution in [0.25, 0.3) is 6.08 Å². The summed E-state index contributed by atoms with van der Waals surface area (Å²) < 4.78 is 0. The van der Waals surface area contributed by atoms with Crippen LogP contribution in [0.2, 0.25) is 0 Å². The molecule has 1 aliphatic rings. The van der Waals surface area contributed by atoms with E-state index in [-0.39, 0.29) is 16.7 Å². The molecule has 1 heterocycles. The van der Waals surface area contributed by atoms with Crippen molar-refractivity contribution in [1.29, 1.82) is 5.26 Å². The van der Waals surface area contributed by atoms with Gasteiger partial charge in [0, 0.05) is 36.4 Å². The summed E-state index contributed by atoms with van der Waals surface area (Å²) in [5, 5.41) is 19.6. The van der Waals surface area contributed by atoms with Crippen LogP contribution < -0.4 is 0 Å². The first-order valence-electron chi connectivity index (χ1n) is 9.84. The van der Waals surface area contributed by atoms with Gasteiger partial charge in [-0.25, -0.2) is 0 Å². The summed E-state index contributed by atoms with van der Waals surface area (Å²) in [6.07, 6.45) is 3.13. The van der Waals surface area contributed by atoms with E-state index in [2.05, 4.69) is 47.6 Å². The van der Waals surface area contributed by atoms with Crippen molar-refractivity contribution in [2.75, 3.05) is 18.8 Å². The number of phenols is 1. The first kappa shape index (κ1) is 22.4. The SMILES string of the molecule is CC(C)(C)c1cc(C=C2SCCN(CCCC#N)C2=O)cc(C(C)(C)C)c1O. The van der Waals surface area contributed by atoms with E-state index in [0.717, 1.165) is 33.9 Å². The minimum absolute atomic E-state index is 0.0388. The summed E-state index contributed by atoms with van der Waals surface area (Å²) in [6, 6.07) is 6.14. The topological polar surface area (TPSA) is 64.3 Å². The molecule has 28 heavy (non-hydrogen) atoms. The van der Waals surface area contributed by atoms with Crippen LogP contribution in [-0.4, -0.2) is 34.8 Å². The maximum atomic E-state index is 12.9. The predicted molar refractivity (Wildman–Crippen MR) is 117 cm³/mol. The van der Waals surface area contributed by atoms with E-state index in [9.17, 15) is 9.90 Å². The molecule has 0 spiro atoms. The second-order valence-electron chi connectivity index (χ2n) is 9.38. The molecule has 2 rings (SSSR count). The first-order chi connectivity index (χ1) is 12.9. The summed E-state index contributed by atoms with van der Waals surface area (Å²) in [4.78, 5) is 15.4. The van der Waals surface area contributed by atoms with Gasteiger partial charge in [-0.05, 0) is 41.0 Å². The lowest BCUT2D eigenvalue weighted by atomic mass is 9.78. The van der Waals surface area contributed by atoms with Gasteiger partial charge in [-0.2, -0.15) is 5.26 Å². The molecule has 0 aliphatic carbocycles. The molecule has 4 nitrogen and oxygen atoms in total. The number of amides is 1. The molecule has 0 atom stereocenters. The van der Waals surface area contributed by atoms with Crippen LogP contribution in [0, 0.1) is 11.3 Å². The average Bonchev–Trinajstić information content (AvgIpc) is 2.57. The van der Waals surface area contributed by atoms with Gasteiger partial charge in [-0.15, -0.1) is 11.8 Å². The number of aromatic hydroxyl groups is 1. The number of thioether (sulfide) groups is 1. The third-order valence-corrected chi connectivity index (χ3v) is 5.87. The van der Waals surface area contributed by atoms with Crippen molar-refractivity contribution in [3.63, 3.8) is 0 Å². The zero-order valence-corrected chi connectivity index (χ0v) is 18.7. The highest BCUT2D eigenvalue weighted by atomic mass is 32.2. The second-order valence-corrected chi connectivity index (χ2v) is 10.5. The number of hydrogen-bond donors (Lipinski definition) is 1. The Morgan fingerprint density at radius 1 is 1.18 bits per heavy atom. The molecule has 5 heteroatoms.